The number of benzene rings is 1. The van der Waals surface area contributed by atoms with Crippen molar-refractivity contribution in [1.82, 2.24) is 4.90 Å². The second-order valence-corrected chi connectivity index (χ2v) is 6.87. The number of hydrogen-bond donors (Lipinski definition) is 0. The topological polar surface area (TPSA) is 45.5 Å². The summed E-state index contributed by atoms with van der Waals surface area (Å²) < 4.78 is 11.9. The quantitative estimate of drug-likeness (QED) is 0.858. The van der Waals surface area contributed by atoms with Gasteiger partial charge in [-0.1, -0.05) is 12.1 Å². The van der Waals surface area contributed by atoms with Crippen LogP contribution in [0.3, 0.4) is 0 Å². The lowest BCUT2D eigenvalue weighted by molar-refractivity contribution is -0.0866. The Hall–Kier alpha value is -1.57. The van der Waals surface area contributed by atoms with Gasteiger partial charge >= 0.3 is 0 Å². The van der Waals surface area contributed by atoms with Crippen LogP contribution < -0.4 is 4.74 Å². The number of para-hydroxylation sites is 1. The predicted octanol–water partition coefficient (Wildman–Crippen LogP) is 3.36. The molecule has 1 aromatic rings. The van der Waals surface area contributed by atoms with Gasteiger partial charge in [0.25, 0.3) is 0 Å². The van der Waals surface area contributed by atoms with Crippen molar-refractivity contribution in [2.75, 3.05) is 13.1 Å². The SMILES string of the molecule is C[C@@H]1CN(C2CCC(Oc3ccccc3C#N)CC2)C[C@H](C)O1. The van der Waals surface area contributed by atoms with E-state index in [4.69, 9.17) is 14.7 Å². The van der Waals surface area contributed by atoms with E-state index in [0.717, 1.165) is 31.7 Å². The van der Waals surface area contributed by atoms with E-state index in [1.165, 1.54) is 12.8 Å². The van der Waals surface area contributed by atoms with E-state index in [1.54, 1.807) is 0 Å². The Kier molecular flexibility index (Phi) is 5.20. The van der Waals surface area contributed by atoms with Crippen molar-refractivity contribution in [2.45, 2.75) is 63.9 Å². The lowest BCUT2D eigenvalue weighted by Gasteiger charge is -2.42. The molecular weight excluding hydrogens is 288 g/mol. The standard InChI is InChI=1S/C19H26N2O2/c1-14-12-21(13-15(2)22-14)17-7-9-18(10-8-17)23-19-6-4-3-5-16(19)11-20/h3-6,14-15,17-18H,7-10,12-13H2,1-2H3/t14-,15+,17?,18?. The summed E-state index contributed by atoms with van der Waals surface area (Å²) in [6, 6.07) is 10.4. The molecule has 2 atom stereocenters. The second kappa shape index (κ2) is 7.33. The number of morpholine rings is 1. The fourth-order valence-electron chi connectivity index (χ4n) is 3.89. The van der Waals surface area contributed by atoms with Crippen LogP contribution in [0, 0.1) is 11.3 Å². The number of ether oxygens (including phenoxy) is 2. The first-order valence-electron chi connectivity index (χ1n) is 8.71. The summed E-state index contributed by atoms with van der Waals surface area (Å²) in [6.45, 7) is 6.40. The molecule has 1 saturated heterocycles. The van der Waals surface area contributed by atoms with Crippen molar-refractivity contribution in [2.24, 2.45) is 0 Å². The van der Waals surface area contributed by atoms with Crippen LogP contribution in [-0.4, -0.2) is 42.3 Å². The summed E-state index contributed by atoms with van der Waals surface area (Å²) in [4.78, 5) is 2.60. The fourth-order valence-corrected chi connectivity index (χ4v) is 3.89. The minimum Gasteiger partial charge on any atom is -0.489 e. The van der Waals surface area contributed by atoms with Crippen LogP contribution >= 0.6 is 0 Å². The number of nitriles is 1. The Morgan fingerprint density at radius 2 is 1.74 bits per heavy atom. The van der Waals surface area contributed by atoms with Gasteiger partial charge in [0.1, 0.15) is 11.8 Å². The van der Waals surface area contributed by atoms with Crippen LogP contribution in [0.2, 0.25) is 0 Å². The predicted molar refractivity (Wildman–Crippen MR) is 89.4 cm³/mol. The van der Waals surface area contributed by atoms with Crippen molar-refractivity contribution >= 4 is 0 Å². The maximum absolute atomic E-state index is 9.16. The fraction of sp³-hybridized carbons (Fsp3) is 0.632. The Morgan fingerprint density at radius 3 is 2.39 bits per heavy atom. The van der Waals surface area contributed by atoms with Gasteiger partial charge in [0.05, 0.1) is 23.9 Å². The van der Waals surface area contributed by atoms with E-state index in [0.29, 0.717) is 23.8 Å². The average molecular weight is 314 g/mol. The highest BCUT2D eigenvalue weighted by Crippen LogP contribution is 2.29. The molecular formula is C19H26N2O2. The normalized spacial score (nSPS) is 32.2. The average Bonchev–Trinajstić information content (AvgIpc) is 2.55. The number of rotatable bonds is 3. The van der Waals surface area contributed by atoms with Crippen LogP contribution in [0.15, 0.2) is 24.3 Å². The van der Waals surface area contributed by atoms with E-state index in [2.05, 4.69) is 24.8 Å². The third-order valence-electron chi connectivity index (χ3n) is 4.91. The van der Waals surface area contributed by atoms with E-state index in [9.17, 15) is 0 Å². The lowest BCUT2D eigenvalue weighted by atomic mass is 9.91. The molecule has 1 aromatic carbocycles. The molecule has 4 heteroatoms. The van der Waals surface area contributed by atoms with Crippen LogP contribution in [-0.2, 0) is 4.74 Å². The first kappa shape index (κ1) is 16.3. The number of nitrogens with zero attached hydrogens (tertiary/aromatic N) is 2. The Balaban J connectivity index is 1.53. The van der Waals surface area contributed by atoms with E-state index >= 15 is 0 Å². The molecule has 3 rings (SSSR count). The Morgan fingerprint density at radius 1 is 1.09 bits per heavy atom. The third kappa shape index (κ3) is 4.04. The van der Waals surface area contributed by atoms with Gasteiger partial charge < -0.3 is 9.47 Å². The zero-order valence-electron chi connectivity index (χ0n) is 14.1. The summed E-state index contributed by atoms with van der Waals surface area (Å²) in [5.41, 5.74) is 0.630. The number of hydrogen-bond acceptors (Lipinski definition) is 4. The van der Waals surface area contributed by atoms with Crippen molar-refractivity contribution in [3.05, 3.63) is 29.8 Å². The maximum atomic E-state index is 9.16. The summed E-state index contributed by atoms with van der Waals surface area (Å²) in [7, 11) is 0. The molecule has 4 nitrogen and oxygen atoms in total. The Bertz CT molecular complexity index is 551. The van der Waals surface area contributed by atoms with Gasteiger partial charge in [0, 0.05) is 19.1 Å². The smallest absolute Gasteiger partial charge is 0.137 e. The minimum atomic E-state index is 0.233. The van der Waals surface area contributed by atoms with Gasteiger partial charge in [-0.3, -0.25) is 4.90 Å². The molecule has 2 fully saturated rings. The molecule has 1 aliphatic carbocycles. The van der Waals surface area contributed by atoms with Gasteiger partial charge in [-0.05, 0) is 51.7 Å². The summed E-state index contributed by atoms with van der Waals surface area (Å²) in [5.74, 6) is 0.729. The van der Waals surface area contributed by atoms with Gasteiger partial charge in [0.2, 0.25) is 0 Å². The molecule has 0 N–H and O–H groups in total. The molecule has 0 spiro atoms. The van der Waals surface area contributed by atoms with E-state index < -0.39 is 0 Å². The Labute approximate surface area is 139 Å². The van der Waals surface area contributed by atoms with Crippen LogP contribution in [0.4, 0.5) is 0 Å². The molecule has 0 aromatic heterocycles. The zero-order valence-corrected chi connectivity index (χ0v) is 14.1. The highest BCUT2D eigenvalue weighted by molar-refractivity contribution is 5.42. The monoisotopic (exact) mass is 314 g/mol. The zero-order chi connectivity index (χ0) is 16.2. The van der Waals surface area contributed by atoms with E-state index in [-0.39, 0.29) is 6.10 Å². The van der Waals surface area contributed by atoms with E-state index in [1.807, 2.05) is 24.3 Å². The lowest BCUT2D eigenvalue weighted by Crippen LogP contribution is -2.51. The molecule has 0 amide bonds. The molecule has 2 aliphatic rings. The highest BCUT2D eigenvalue weighted by Gasteiger charge is 2.31. The minimum absolute atomic E-state index is 0.233. The summed E-state index contributed by atoms with van der Waals surface area (Å²) in [5, 5.41) is 9.16. The van der Waals surface area contributed by atoms with Crippen molar-refractivity contribution < 1.29 is 9.47 Å². The molecule has 1 heterocycles. The van der Waals surface area contributed by atoms with Crippen LogP contribution in [0.1, 0.15) is 45.1 Å². The van der Waals surface area contributed by atoms with Gasteiger partial charge in [-0.15, -0.1) is 0 Å². The van der Waals surface area contributed by atoms with Gasteiger partial charge in [-0.2, -0.15) is 5.26 Å². The summed E-state index contributed by atoms with van der Waals surface area (Å²) in [6.07, 6.45) is 5.34. The highest BCUT2D eigenvalue weighted by atomic mass is 16.5. The van der Waals surface area contributed by atoms with Crippen LogP contribution in [0.5, 0.6) is 5.75 Å². The van der Waals surface area contributed by atoms with Gasteiger partial charge in [-0.25, -0.2) is 0 Å². The molecule has 124 valence electrons. The molecule has 0 bridgehead atoms. The maximum Gasteiger partial charge on any atom is 0.137 e. The largest absolute Gasteiger partial charge is 0.489 e. The molecule has 1 saturated carbocycles. The second-order valence-electron chi connectivity index (χ2n) is 6.87. The van der Waals surface area contributed by atoms with Crippen LogP contribution in [0.25, 0.3) is 0 Å². The third-order valence-corrected chi connectivity index (χ3v) is 4.91. The van der Waals surface area contributed by atoms with Crippen molar-refractivity contribution in [3.63, 3.8) is 0 Å². The van der Waals surface area contributed by atoms with Crippen molar-refractivity contribution in [1.29, 1.82) is 5.26 Å². The van der Waals surface area contributed by atoms with Gasteiger partial charge in [0.15, 0.2) is 0 Å². The molecule has 0 radical (unpaired) electrons. The van der Waals surface area contributed by atoms with Crippen molar-refractivity contribution in [3.8, 4) is 11.8 Å². The summed E-state index contributed by atoms with van der Waals surface area (Å²) >= 11 is 0. The molecule has 1 aliphatic heterocycles. The molecule has 0 unspecified atom stereocenters. The first-order chi connectivity index (χ1) is 11.2. The first-order valence-corrected chi connectivity index (χ1v) is 8.71. The molecule has 23 heavy (non-hydrogen) atoms.